The van der Waals surface area contributed by atoms with Gasteiger partial charge >= 0.3 is 8.09 Å². The number of aliphatic imine (C=N–C) groups is 1. The number of ether oxygens (including phenoxy) is 1. The summed E-state index contributed by atoms with van der Waals surface area (Å²) in [5.74, 6) is 5.62. The fraction of sp³-hybridized carbons (Fsp3) is 0.667. The van der Waals surface area contributed by atoms with Crippen LogP contribution in [0.15, 0.2) is 6.33 Å². The maximum atomic E-state index is 12.5. The normalized spacial score (nSPS) is 28.0. The second-order valence-corrected chi connectivity index (χ2v) is 8.42. The molecule has 5 atom stereocenters. The highest BCUT2D eigenvalue weighted by atomic mass is 31.2. The average Bonchev–Trinajstić information content (AvgIpc) is 3.27. The van der Waals surface area contributed by atoms with Crippen LogP contribution in [0.1, 0.15) is 26.2 Å². The summed E-state index contributed by atoms with van der Waals surface area (Å²) in [6.45, 7) is 2.11. The van der Waals surface area contributed by atoms with Crippen molar-refractivity contribution in [3.05, 3.63) is 6.33 Å². The molecule has 29 heavy (non-hydrogen) atoms. The third kappa shape index (κ3) is 4.79. The number of nitrogen functional groups attached to an aromatic ring is 1. The summed E-state index contributed by atoms with van der Waals surface area (Å²) in [6.07, 6.45) is 0.725. The molecule has 1 fully saturated rings. The summed E-state index contributed by atoms with van der Waals surface area (Å²) >= 11 is 0. The van der Waals surface area contributed by atoms with E-state index in [0.717, 1.165) is 19.3 Å². The van der Waals surface area contributed by atoms with Crippen molar-refractivity contribution >= 4 is 31.8 Å². The molecule has 14 heteroatoms. The molecule has 0 saturated carbocycles. The Hall–Kier alpha value is -1.54. The molecule has 3 heterocycles. The molecule has 0 amide bonds. The molecule has 0 aromatic carbocycles. The van der Waals surface area contributed by atoms with Crippen molar-refractivity contribution in [1.82, 2.24) is 20.0 Å². The molecule has 0 spiro atoms. The number of anilines is 2. The molecule has 2 aliphatic rings. The monoisotopic (exact) mass is 431 g/mol. The van der Waals surface area contributed by atoms with Crippen LogP contribution in [-0.2, 0) is 13.9 Å². The molecule has 1 aromatic heterocycles. The minimum atomic E-state index is -3.77. The van der Waals surface area contributed by atoms with E-state index in [9.17, 15) is 15.1 Å². The van der Waals surface area contributed by atoms with Gasteiger partial charge in [0, 0.05) is 6.54 Å². The number of nitrogens with one attached hydrogen (secondary N) is 1. The molecule has 161 valence electrons. The van der Waals surface area contributed by atoms with E-state index in [1.54, 1.807) is 0 Å². The van der Waals surface area contributed by atoms with Gasteiger partial charge in [0.05, 0.1) is 0 Å². The number of nitrogens with zero attached hydrogens (tertiary/aromatic N) is 4. The van der Waals surface area contributed by atoms with Crippen molar-refractivity contribution in [3.63, 3.8) is 0 Å². The summed E-state index contributed by atoms with van der Waals surface area (Å²) in [7, 11) is -3.77. The van der Waals surface area contributed by atoms with Crippen molar-refractivity contribution in [2.75, 3.05) is 23.8 Å². The molecule has 0 aliphatic carbocycles. The Morgan fingerprint density at radius 2 is 2.17 bits per heavy atom. The van der Waals surface area contributed by atoms with Gasteiger partial charge in [0.25, 0.3) is 17.8 Å². The number of aliphatic hydroxyl groups excluding tert-OH is 2. The first-order valence-electron chi connectivity index (χ1n) is 9.23. The van der Waals surface area contributed by atoms with Crippen molar-refractivity contribution < 1.29 is 29.0 Å². The lowest BCUT2D eigenvalue weighted by Gasteiger charge is -2.26. The van der Waals surface area contributed by atoms with Gasteiger partial charge in [-0.2, -0.15) is 20.3 Å². The minimum Gasteiger partial charge on any atom is -0.615 e. The van der Waals surface area contributed by atoms with Gasteiger partial charge in [-0.05, 0) is 11.4 Å². The van der Waals surface area contributed by atoms with Gasteiger partial charge in [-0.15, -0.1) is 9.71 Å². The van der Waals surface area contributed by atoms with Crippen LogP contribution in [0.4, 0.5) is 17.3 Å². The topological polar surface area (TPSA) is 198 Å². The number of rotatable bonds is 10. The predicted molar refractivity (Wildman–Crippen MR) is 103 cm³/mol. The number of aromatic nitrogens is 2. The van der Waals surface area contributed by atoms with Gasteiger partial charge in [0.1, 0.15) is 31.2 Å². The molecule has 13 nitrogen and oxygen atoms in total. The third-order valence-electron chi connectivity index (χ3n) is 4.63. The van der Waals surface area contributed by atoms with E-state index in [0.29, 0.717) is 18.1 Å². The second kappa shape index (κ2) is 9.51. The zero-order chi connectivity index (χ0) is 21.0. The van der Waals surface area contributed by atoms with Gasteiger partial charge in [-0.1, -0.05) is 19.8 Å². The van der Waals surface area contributed by atoms with Gasteiger partial charge < -0.3 is 25.6 Å². The first-order valence-corrected chi connectivity index (χ1v) is 10.8. The van der Waals surface area contributed by atoms with Crippen LogP contribution >= 0.6 is 8.09 Å². The Morgan fingerprint density at radius 1 is 1.38 bits per heavy atom. The van der Waals surface area contributed by atoms with Crippen LogP contribution in [0.5, 0.6) is 0 Å². The zero-order valence-electron chi connectivity index (χ0n) is 15.9. The van der Waals surface area contributed by atoms with Crippen molar-refractivity contribution in [2.45, 2.75) is 50.7 Å². The number of nitrogens with two attached hydrogens (primary N) is 2. The van der Waals surface area contributed by atoms with E-state index in [2.05, 4.69) is 24.7 Å². The van der Waals surface area contributed by atoms with Crippen LogP contribution in [0, 0.1) is 0 Å². The zero-order valence-corrected chi connectivity index (χ0v) is 16.8. The lowest BCUT2D eigenvalue weighted by atomic mass is 10.1. The molecule has 1 saturated heterocycles. The van der Waals surface area contributed by atoms with E-state index in [1.165, 1.54) is 17.6 Å². The van der Waals surface area contributed by atoms with Crippen molar-refractivity contribution in [1.29, 1.82) is 0 Å². The highest BCUT2D eigenvalue weighted by Crippen LogP contribution is 2.46. The lowest BCUT2D eigenvalue weighted by molar-refractivity contribution is -0.226. The summed E-state index contributed by atoms with van der Waals surface area (Å²) in [5, 5.41) is 23.4. The van der Waals surface area contributed by atoms with Gasteiger partial charge in [-0.25, -0.2) is 4.98 Å². The average molecular weight is 431 g/mol. The van der Waals surface area contributed by atoms with Gasteiger partial charge in [-0.3, -0.25) is 0 Å². The van der Waals surface area contributed by atoms with Crippen LogP contribution < -0.4 is 31.5 Å². The summed E-state index contributed by atoms with van der Waals surface area (Å²) < 4.78 is 15.5. The maximum Gasteiger partial charge on any atom is 0.337 e. The quantitative estimate of drug-likeness (QED) is 0.156. The van der Waals surface area contributed by atoms with E-state index >= 15 is 0 Å². The third-order valence-corrected chi connectivity index (χ3v) is 6.01. The van der Waals surface area contributed by atoms with Crippen molar-refractivity contribution in [2.24, 2.45) is 5.90 Å². The van der Waals surface area contributed by atoms with E-state index in [-0.39, 0.29) is 12.4 Å². The fourth-order valence-corrected chi connectivity index (χ4v) is 4.03. The van der Waals surface area contributed by atoms with E-state index in [1.807, 2.05) is 6.92 Å². The largest absolute Gasteiger partial charge is 0.615 e. The Kier molecular flexibility index (Phi) is 7.27. The summed E-state index contributed by atoms with van der Waals surface area (Å²) in [5.41, 5.74) is 6.11. The summed E-state index contributed by atoms with van der Waals surface area (Å²) in [4.78, 5) is 26.0. The smallest absolute Gasteiger partial charge is 0.337 e. The molecule has 3 rings (SSSR count). The summed E-state index contributed by atoms with van der Waals surface area (Å²) in [6, 6.07) is 0. The molecular formula is C15H26N7O6P+. The number of unbranched alkanes of at least 4 members (excludes halogenated alkanes) is 2. The van der Waals surface area contributed by atoms with E-state index in [4.69, 9.17) is 20.9 Å². The first kappa shape index (κ1) is 22.2. The predicted octanol–water partition coefficient (Wildman–Crippen LogP) is -1.95. The lowest BCUT2D eigenvalue weighted by Crippen LogP contribution is -2.43. The molecule has 1 aromatic rings. The highest BCUT2D eigenvalue weighted by molar-refractivity contribution is 7.56. The Balaban J connectivity index is 1.60. The van der Waals surface area contributed by atoms with Crippen LogP contribution in [0.3, 0.4) is 0 Å². The number of hydrogen-bond donors (Lipinski definition) is 5. The molecular weight excluding hydrogens is 405 g/mol. The molecule has 0 bridgehead atoms. The number of hydrogen-bond acceptors (Lipinski definition) is 13. The van der Waals surface area contributed by atoms with Gasteiger partial charge in [0.15, 0.2) is 5.82 Å². The van der Waals surface area contributed by atoms with Crippen molar-refractivity contribution in [3.8, 4) is 0 Å². The Labute approximate surface area is 168 Å². The van der Waals surface area contributed by atoms with Gasteiger partial charge in [0.2, 0.25) is 6.23 Å². The van der Waals surface area contributed by atoms with Crippen LogP contribution in [0.2, 0.25) is 0 Å². The van der Waals surface area contributed by atoms with Crippen LogP contribution in [0.25, 0.3) is 0 Å². The molecule has 1 radical (unpaired) electrons. The number of aliphatic hydroxyl groups is 2. The maximum absolute atomic E-state index is 12.5. The molecule has 1 unspecified atom stereocenters. The van der Waals surface area contributed by atoms with Crippen LogP contribution in [-0.4, -0.2) is 64.2 Å². The Bertz CT molecular complexity index is 730. The SMILES string of the molecule is CCCCCN[P+]([O-])(ON)OC[C@H]1O[C@@H](N2C=[N+]c3c(N)ncnc32)[C@H](O)[C@@H]1O. The fourth-order valence-electron chi connectivity index (χ4n) is 3.03. The number of fused-ring (bicyclic) bond motifs is 1. The molecule has 2 aliphatic heterocycles. The molecule has 7 N–H and O–H groups in total. The second-order valence-electron chi connectivity index (χ2n) is 6.64. The minimum absolute atomic E-state index is 0.178. The standard InChI is InChI=1S/C15H26N7O6P/c1-2-3-4-5-21-29(25,28-17)26-6-9-11(23)12(24)15(27-9)22-8-20-10-13(16)18-7-19-14(10)22/h7-9,11-12,15,23-24H,2-6,17H2,1H3,(H,21,25)(H2,16,18,19)/q+1/t9-,11-,12-,15-,29?/m1/s1. The Morgan fingerprint density at radius 3 is 2.90 bits per heavy atom. The van der Waals surface area contributed by atoms with E-state index < -0.39 is 32.6 Å². The first-order chi connectivity index (χ1) is 13.9. The highest BCUT2D eigenvalue weighted by Gasteiger charge is 2.52.